The van der Waals surface area contributed by atoms with Crippen LogP contribution in [0, 0.1) is 0 Å². The van der Waals surface area contributed by atoms with Gasteiger partial charge in [0.1, 0.15) is 0 Å². The van der Waals surface area contributed by atoms with Crippen LogP contribution in [0.25, 0.3) is 0 Å². The summed E-state index contributed by atoms with van der Waals surface area (Å²) in [7, 11) is 0. The zero-order valence-corrected chi connectivity index (χ0v) is 12.3. The van der Waals surface area contributed by atoms with Crippen LogP contribution in [0.5, 0.6) is 0 Å². The van der Waals surface area contributed by atoms with E-state index >= 15 is 0 Å². The van der Waals surface area contributed by atoms with Gasteiger partial charge in [-0.1, -0.05) is 25.5 Å². The Morgan fingerprint density at radius 1 is 1.33 bits per heavy atom. The van der Waals surface area contributed by atoms with Crippen molar-refractivity contribution in [3.63, 3.8) is 0 Å². The van der Waals surface area contributed by atoms with E-state index < -0.39 is 5.97 Å². The van der Waals surface area contributed by atoms with Crippen LogP contribution in [0.3, 0.4) is 0 Å². The molecule has 1 saturated heterocycles. The van der Waals surface area contributed by atoms with Crippen molar-refractivity contribution in [1.82, 2.24) is 4.90 Å². The van der Waals surface area contributed by atoms with Crippen molar-refractivity contribution in [3.05, 3.63) is 29.8 Å². The second-order valence-corrected chi connectivity index (χ2v) is 5.41. The number of benzene rings is 1. The Balaban J connectivity index is 2.11. The highest BCUT2D eigenvalue weighted by atomic mass is 16.4. The molecule has 0 radical (unpaired) electrons. The van der Waals surface area contributed by atoms with E-state index in [2.05, 4.69) is 12.2 Å². The molecule has 114 valence electrons. The van der Waals surface area contributed by atoms with Crippen LogP contribution < -0.4 is 5.32 Å². The minimum Gasteiger partial charge on any atom is -0.478 e. The number of rotatable bonds is 4. The Morgan fingerprint density at radius 3 is 2.81 bits per heavy atom. The van der Waals surface area contributed by atoms with Gasteiger partial charge in [0.2, 0.25) is 0 Å². The molecular formula is C16H22N2O3. The first kappa shape index (κ1) is 15.4. The standard InChI is InChI=1S/C16H22N2O3/c1-2-7-12-8-5-6-11-18(12)16(21)17-14-10-4-3-9-13(14)15(19)20/h3-4,9-10,12H,2,5-8,11H2,1H3,(H,17,21)(H,19,20). The molecule has 2 amide bonds. The Morgan fingerprint density at radius 2 is 2.10 bits per heavy atom. The van der Waals surface area contributed by atoms with E-state index in [0.717, 1.165) is 38.6 Å². The zero-order valence-electron chi connectivity index (χ0n) is 12.3. The van der Waals surface area contributed by atoms with Gasteiger partial charge >= 0.3 is 12.0 Å². The molecule has 1 heterocycles. The maximum Gasteiger partial charge on any atom is 0.337 e. The van der Waals surface area contributed by atoms with E-state index in [1.165, 1.54) is 6.07 Å². The first-order chi connectivity index (χ1) is 10.1. The maximum absolute atomic E-state index is 12.4. The highest BCUT2D eigenvalue weighted by molar-refractivity contribution is 6.00. The van der Waals surface area contributed by atoms with E-state index in [1.807, 2.05) is 4.90 Å². The summed E-state index contributed by atoms with van der Waals surface area (Å²) in [6.07, 6.45) is 5.23. The third kappa shape index (κ3) is 3.74. The summed E-state index contributed by atoms with van der Waals surface area (Å²) in [5.74, 6) is -1.03. The van der Waals surface area contributed by atoms with Gasteiger partial charge in [0.05, 0.1) is 11.3 Å². The number of hydrogen-bond donors (Lipinski definition) is 2. The molecule has 21 heavy (non-hydrogen) atoms. The number of urea groups is 1. The van der Waals surface area contributed by atoms with Crippen molar-refractivity contribution in [2.24, 2.45) is 0 Å². The molecule has 5 nitrogen and oxygen atoms in total. The van der Waals surface area contributed by atoms with Crippen LogP contribution in [0.1, 0.15) is 49.4 Å². The second-order valence-electron chi connectivity index (χ2n) is 5.41. The Bertz CT molecular complexity index is 514. The van der Waals surface area contributed by atoms with Gasteiger partial charge < -0.3 is 15.3 Å². The Hall–Kier alpha value is -2.04. The molecule has 1 aliphatic heterocycles. The molecule has 0 aromatic heterocycles. The SMILES string of the molecule is CCCC1CCCCN1C(=O)Nc1ccccc1C(=O)O. The lowest BCUT2D eigenvalue weighted by atomic mass is 9.99. The summed E-state index contributed by atoms with van der Waals surface area (Å²) in [4.78, 5) is 25.5. The van der Waals surface area contributed by atoms with Crippen LogP contribution in [0.4, 0.5) is 10.5 Å². The number of amides is 2. The average molecular weight is 290 g/mol. The van der Waals surface area contributed by atoms with Crippen molar-refractivity contribution in [1.29, 1.82) is 0 Å². The number of carbonyl (C=O) groups excluding carboxylic acids is 1. The van der Waals surface area contributed by atoms with Crippen LogP contribution in [-0.2, 0) is 0 Å². The van der Waals surface area contributed by atoms with Gasteiger partial charge in [-0.3, -0.25) is 0 Å². The third-order valence-corrected chi connectivity index (χ3v) is 3.91. The second kappa shape index (κ2) is 7.11. The molecule has 0 bridgehead atoms. The molecule has 1 unspecified atom stereocenters. The summed E-state index contributed by atoms with van der Waals surface area (Å²) in [5.41, 5.74) is 0.478. The van der Waals surface area contributed by atoms with Gasteiger partial charge in [-0.05, 0) is 37.8 Å². The number of piperidine rings is 1. The average Bonchev–Trinajstić information content (AvgIpc) is 2.48. The number of anilines is 1. The predicted octanol–water partition coefficient (Wildman–Crippen LogP) is 3.57. The molecule has 0 aliphatic carbocycles. The van der Waals surface area contributed by atoms with Crippen molar-refractivity contribution >= 4 is 17.7 Å². The van der Waals surface area contributed by atoms with Gasteiger partial charge in [0.15, 0.2) is 0 Å². The van der Waals surface area contributed by atoms with Gasteiger partial charge in [0.25, 0.3) is 0 Å². The first-order valence-corrected chi connectivity index (χ1v) is 7.53. The van der Waals surface area contributed by atoms with E-state index in [4.69, 9.17) is 5.11 Å². The highest BCUT2D eigenvalue weighted by Gasteiger charge is 2.26. The summed E-state index contributed by atoms with van der Waals surface area (Å²) in [5, 5.41) is 11.9. The summed E-state index contributed by atoms with van der Waals surface area (Å²) >= 11 is 0. The number of carboxylic acid groups (broad SMARTS) is 1. The maximum atomic E-state index is 12.4. The van der Waals surface area contributed by atoms with E-state index in [0.29, 0.717) is 5.69 Å². The minimum atomic E-state index is -1.03. The van der Waals surface area contributed by atoms with Gasteiger partial charge in [-0.15, -0.1) is 0 Å². The molecule has 0 spiro atoms. The molecule has 0 saturated carbocycles. The van der Waals surface area contributed by atoms with E-state index in [9.17, 15) is 9.59 Å². The van der Waals surface area contributed by atoms with Crippen molar-refractivity contribution in [2.75, 3.05) is 11.9 Å². The topological polar surface area (TPSA) is 69.6 Å². The fourth-order valence-electron chi connectivity index (χ4n) is 2.87. The van der Waals surface area contributed by atoms with Gasteiger partial charge in [0, 0.05) is 12.6 Å². The number of hydrogen-bond acceptors (Lipinski definition) is 2. The van der Waals surface area contributed by atoms with Gasteiger partial charge in [-0.2, -0.15) is 0 Å². The Kier molecular flexibility index (Phi) is 5.20. The molecular weight excluding hydrogens is 268 g/mol. The smallest absolute Gasteiger partial charge is 0.337 e. The van der Waals surface area contributed by atoms with Crippen LogP contribution in [0.15, 0.2) is 24.3 Å². The first-order valence-electron chi connectivity index (χ1n) is 7.53. The van der Waals surface area contributed by atoms with Gasteiger partial charge in [-0.25, -0.2) is 9.59 Å². The number of nitrogens with zero attached hydrogens (tertiary/aromatic N) is 1. The monoisotopic (exact) mass is 290 g/mol. The molecule has 1 aromatic carbocycles. The van der Waals surface area contributed by atoms with Crippen LogP contribution >= 0.6 is 0 Å². The molecule has 1 atom stereocenters. The number of likely N-dealkylation sites (tertiary alicyclic amines) is 1. The number of carboxylic acids is 1. The molecule has 1 aliphatic rings. The van der Waals surface area contributed by atoms with Crippen LogP contribution in [0.2, 0.25) is 0 Å². The van der Waals surface area contributed by atoms with E-state index in [-0.39, 0.29) is 17.6 Å². The lowest BCUT2D eigenvalue weighted by Crippen LogP contribution is -2.46. The largest absolute Gasteiger partial charge is 0.478 e. The molecule has 1 fully saturated rings. The zero-order chi connectivity index (χ0) is 15.2. The lowest BCUT2D eigenvalue weighted by molar-refractivity contribution is 0.0698. The lowest BCUT2D eigenvalue weighted by Gasteiger charge is -2.35. The fourth-order valence-corrected chi connectivity index (χ4v) is 2.87. The molecule has 5 heteroatoms. The normalized spacial score (nSPS) is 18.3. The Labute approximate surface area is 125 Å². The predicted molar refractivity (Wildman–Crippen MR) is 81.7 cm³/mol. The van der Waals surface area contributed by atoms with E-state index in [1.54, 1.807) is 18.2 Å². The minimum absolute atomic E-state index is 0.120. The summed E-state index contributed by atoms with van der Waals surface area (Å²) in [6.45, 7) is 2.86. The van der Waals surface area contributed by atoms with Crippen molar-refractivity contribution in [3.8, 4) is 0 Å². The molecule has 1 aromatic rings. The number of aromatic carboxylic acids is 1. The number of nitrogens with one attached hydrogen (secondary N) is 1. The molecule has 2 rings (SSSR count). The third-order valence-electron chi connectivity index (χ3n) is 3.91. The van der Waals surface area contributed by atoms with Crippen molar-refractivity contribution in [2.45, 2.75) is 45.1 Å². The number of carbonyl (C=O) groups is 2. The molecule has 2 N–H and O–H groups in total. The van der Waals surface area contributed by atoms with Crippen molar-refractivity contribution < 1.29 is 14.7 Å². The summed E-state index contributed by atoms with van der Waals surface area (Å²) < 4.78 is 0. The van der Waals surface area contributed by atoms with Crippen LogP contribution in [-0.4, -0.2) is 34.6 Å². The number of para-hydroxylation sites is 1. The highest BCUT2D eigenvalue weighted by Crippen LogP contribution is 2.23. The summed E-state index contributed by atoms with van der Waals surface area (Å²) in [6, 6.07) is 6.57. The fraction of sp³-hybridized carbons (Fsp3) is 0.500. The quantitative estimate of drug-likeness (QED) is 0.890.